The zero-order valence-corrected chi connectivity index (χ0v) is 10.7. The van der Waals surface area contributed by atoms with E-state index in [1.165, 1.54) is 12.3 Å². The van der Waals surface area contributed by atoms with Crippen LogP contribution in [0.15, 0.2) is 36.5 Å². The van der Waals surface area contributed by atoms with E-state index in [4.69, 9.17) is 15.9 Å². The Morgan fingerprint density at radius 3 is 2.80 bits per heavy atom. The van der Waals surface area contributed by atoms with E-state index < -0.39 is 4.92 Å². The molecule has 3 N–H and O–H groups in total. The lowest BCUT2D eigenvalue weighted by atomic mass is 10.2. The molecule has 2 aromatic rings. The third-order valence-electron chi connectivity index (χ3n) is 2.65. The van der Waals surface area contributed by atoms with Crippen LogP contribution in [-0.4, -0.2) is 15.7 Å². The number of nitrogens with zero attached hydrogens (tertiary/aromatic N) is 2. The predicted octanol–water partition coefficient (Wildman–Crippen LogP) is 2.37. The van der Waals surface area contributed by atoms with Gasteiger partial charge in [0.2, 0.25) is 11.6 Å². The molecule has 0 atom stereocenters. The summed E-state index contributed by atoms with van der Waals surface area (Å²) < 4.78 is 5.47. The van der Waals surface area contributed by atoms with E-state index in [1.807, 2.05) is 0 Å². The molecule has 0 aliphatic rings. The lowest BCUT2D eigenvalue weighted by Gasteiger charge is -2.09. The number of aromatic nitrogens is 1. The number of nitro benzene ring substituents is 1. The first kappa shape index (κ1) is 13.5. The van der Waals surface area contributed by atoms with Crippen molar-refractivity contribution in [3.63, 3.8) is 0 Å². The molecule has 0 aliphatic carbocycles. The van der Waals surface area contributed by atoms with Gasteiger partial charge in [0.1, 0.15) is 5.84 Å². The number of amidine groups is 1. The number of aryl methyl sites for hydroxylation is 1. The van der Waals surface area contributed by atoms with E-state index in [9.17, 15) is 10.1 Å². The highest BCUT2D eigenvalue weighted by atomic mass is 16.6. The van der Waals surface area contributed by atoms with E-state index >= 15 is 0 Å². The van der Waals surface area contributed by atoms with Gasteiger partial charge in [0, 0.05) is 11.8 Å². The summed E-state index contributed by atoms with van der Waals surface area (Å²) in [5.74, 6) is -0.0895. The largest absolute Gasteiger partial charge is 0.431 e. The average molecular weight is 272 g/mol. The van der Waals surface area contributed by atoms with E-state index in [2.05, 4.69) is 4.98 Å². The maximum atomic E-state index is 11.1. The number of rotatable bonds is 4. The molecule has 102 valence electrons. The zero-order chi connectivity index (χ0) is 14.7. The molecule has 20 heavy (non-hydrogen) atoms. The fourth-order valence-electron chi connectivity index (χ4n) is 1.73. The molecule has 1 aromatic heterocycles. The molecule has 0 spiro atoms. The Hall–Kier alpha value is -2.96. The van der Waals surface area contributed by atoms with Crippen LogP contribution in [0.3, 0.4) is 0 Å². The van der Waals surface area contributed by atoms with Gasteiger partial charge in [0.15, 0.2) is 0 Å². The summed E-state index contributed by atoms with van der Waals surface area (Å²) in [5, 5.41) is 18.5. The Kier molecular flexibility index (Phi) is 3.60. The van der Waals surface area contributed by atoms with Crippen LogP contribution in [0.2, 0.25) is 0 Å². The third kappa shape index (κ3) is 2.56. The number of benzene rings is 1. The highest BCUT2D eigenvalue weighted by Crippen LogP contribution is 2.34. The highest BCUT2D eigenvalue weighted by molar-refractivity contribution is 5.97. The molecule has 0 aliphatic heterocycles. The Morgan fingerprint density at radius 2 is 2.15 bits per heavy atom. The molecule has 7 heteroatoms. The van der Waals surface area contributed by atoms with Crippen LogP contribution in [0.1, 0.15) is 11.1 Å². The van der Waals surface area contributed by atoms with E-state index in [0.29, 0.717) is 5.56 Å². The standard InChI is InChI=1S/C13H12N4O3/c1-8-4-2-6-10(11(8)17(18)19)20-13-9(12(14)15)5-3-7-16-13/h2-7H,1H3,(H3,14,15). The van der Waals surface area contributed by atoms with Gasteiger partial charge < -0.3 is 10.5 Å². The molecule has 0 saturated carbocycles. The van der Waals surface area contributed by atoms with E-state index in [1.54, 1.807) is 31.2 Å². The van der Waals surface area contributed by atoms with Crippen LogP contribution < -0.4 is 10.5 Å². The fourth-order valence-corrected chi connectivity index (χ4v) is 1.73. The molecule has 1 aromatic carbocycles. The summed E-state index contributed by atoms with van der Waals surface area (Å²) in [7, 11) is 0. The maximum absolute atomic E-state index is 11.1. The van der Waals surface area contributed by atoms with Gasteiger partial charge in [-0.3, -0.25) is 15.5 Å². The Labute approximate surface area is 114 Å². The number of nitro groups is 1. The number of nitrogens with two attached hydrogens (primary N) is 1. The first-order valence-electron chi connectivity index (χ1n) is 5.72. The molecule has 1 heterocycles. The van der Waals surface area contributed by atoms with Crippen molar-refractivity contribution < 1.29 is 9.66 Å². The zero-order valence-electron chi connectivity index (χ0n) is 10.7. The number of nitrogen functional groups attached to an aromatic ring is 1. The maximum Gasteiger partial charge on any atom is 0.314 e. The van der Waals surface area contributed by atoms with E-state index in [0.717, 1.165) is 0 Å². The van der Waals surface area contributed by atoms with Gasteiger partial charge in [0.25, 0.3) is 0 Å². The highest BCUT2D eigenvalue weighted by Gasteiger charge is 2.20. The summed E-state index contributed by atoms with van der Waals surface area (Å²) in [6.45, 7) is 1.62. The molecule has 0 amide bonds. The summed E-state index contributed by atoms with van der Waals surface area (Å²) in [5.41, 5.74) is 6.05. The molecule has 2 rings (SSSR count). The van der Waals surface area contributed by atoms with Crippen molar-refractivity contribution in [3.8, 4) is 11.6 Å². The smallest absolute Gasteiger partial charge is 0.314 e. The monoisotopic (exact) mass is 272 g/mol. The minimum Gasteiger partial charge on any atom is -0.431 e. The lowest BCUT2D eigenvalue weighted by Crippen LogP contribution is -2.13. The van der Waals surface area contributed by atoms with Gasteiger partial charge in [-0.15, -0.1) is 0 Å². The number of hydrogen-bond acceptors (Lipinski definition) is 5. The first-order chi connectivity index (χ1) is 9.50. The van der Waals surface area contributed by atoms with Gasteiger partial charge >= 0.3 is 5.69 Å². The fraction of sp³-hybridized carbons (Fsp3) is 0.0769. The Bertz CT molecular complexity index is 685. The third-order valence-corrected chi connectivity index (χ3v) is 2.65. The van der Waals surface area contributed by atoms with Crippen LogP contribution in [0.5, 0.6) is 11.6 Å². The Morgan fingerprint density at radius 1 is 1.40 bits per heavy atom. The summed E-state index contributed by atoms with van der Waals surface area (Å²) >= 11 is 0. The summed E-state index contributed by atoms with van der Waals surface area (Å²) in [6, 6.07) is 7.91. The number of hydrogen-bond donors (Lipinski definition) is 2. The van der Waals surface area contributed by atoms with Crippen LogP contribution in [-0.2, 0) is 0 Å². The van der Waals surface area contributed by atoms with Gasteiger partial charge in [0.05, 0.1) is 10.5 Å². The van der Waals surface area contributed by atoms with Crippen molar-refractivity contribution in [2.24, 2.45) is 5.73 Å². The molecular weight excluding hydrogens is 260 g/mol. The Balaban J connectivity index is 2.49. The molecule has 0 unspecified atom stereocenters. The summed E-state index contributed by atoms with van der Waals surface area (Å²) in [6.07, 6.45) is 1.46. The first-order valence-corrected chi connectivity index (χ1v) is 5.72. The molecule has 0 fully saturated rings. The summed E-state index contributed by atoms with van der Waals surface area (Å²) in [4.78, 5) is 14.5. The van der Waals surface area contributed by atoms with Crippen molar-refractivity contribution in [3.05, 3.63) is 57.8 Å². The normalized spacial score (nSPS) is 10.1. The predicted molar refractivity (Wildman–Crippen MR) is 73.2 cm³/mol. The minimum atomic E-state index is -0.513. The topological polar surface area (TPSA) is 115 Å². The second-order valence-electron chi connectivity index (χ2n) is 4.05. The second-order valence-corrected chi connectivity index (χ2v) is 4.05. The SMILES string of the molecule is Cc1cccc(Oc2ncccc2C(=N)N)c1[N+](=O)[O-]. The van der Waals surface area contributed by atoms with Gasteiger partial charge in [-0.05, 0) is 25.1 Å². The quantitative estimate of drug-likeness (QED) is 0.383. The van der Waals surface area contributed by atoms with Crippen molar-refractivity contribution >= 4 is 11.5 Å². The van der Waals surface area contributed by atoms with Crippen LogP contribution in [0.4, 0.5) is 5.69 Å². The van der Waals surface area contributed by atoms with Gasteiger partial charge in [-0.25, -0.2) is 4.98 Å². The van der Waals surface area contributed by atoms with Crippen LogP contribution in [0, 0.1) is 22.4 Å². The van der Waals surface area contributed by atoms with Crippen molar-refractivity contribution in [2.75, 3.05) is 0 Å². The molecule has 7 nitrogen and oxygen atoms in total. The van der Waals surface area contributed by atoms with Crippen molar-refractivity contribution in [1.82, 2.24) is 4.98 Å². The minimum absolute atomic E-state index is 0.0636. The lowest BCUT2D eigenvalue weighted by molar-refractivity contribution is -0.386. The van der Waals surface area contributed by atoms with Gasteiger partial charge in [-0.2, -0.15) is 0 Å². The second kappa shape index (κ2) is 5.35. The number of nitrogens with one attached hydrogen (secondary N) is 1. The van der Waals surface area contributed by atoms with E-state index in [-0.39, 0.29) is 28.7 Å². The van der Waals surface area contributed by atoms with Crippen molar-refractivity contribution in [2.45, 2.75) is 6.92 Å². The molecule has 0 radical (unpaired) electrons. The molecule has 0 bridgehead atoms. The number of ether oxygens (including phenoxy) is 1. The van der Waals surface area contributed by atoms with Crippen LogP contribution in [0.25, 0.3) is 0 Å². The van der Waals surface area contributed by atoms with Gasteiger partial charge in [-0.1, -0.05) is 12.1 Å². The number of para-hydroxylation sites is 1. The van der Waals surface area contributed by atoms with Crippen LogP contribution >= 0.6 is 0 Å². The molecular formula is C13H12N4O3. The molecule has 0 saturated heterocycles. The average Bonchev–Trinajstić information content (AvgIpc) is 2.38. The number of pyridine rings is 1. The van der Waals surface area contributed by atoms with Crippen molar-refractivity contribution in [1.29, 1.82) is 5.41 Å².